The first-order valence-electron chi connectivity index (χ1n) is 7.18. The number of rotatable bonds is 5. The Hall–Kier alpha value is -1.17. The van der Waals surface area contributed by atoms with Crippen LogP contribution >= 0.6 is 11.5 Å². The zero-order valence-electron chi connectivity index (χ0n) is 11.1. The number of anilines is 1. The molecule has 2 aliphatic rings. The summed E-state index contributed by atoms with van der Waals surface area (Å²) in [7, 11) is 0. The molecule has 5 nitrogen and oxygen atoms in total. The van der Waals surface area contributed by atoms with Crippen LogP contribution in [0.25, 0.3) is 0 Å². The molecule has 0 atom stereocenters. The molecule has 1 amide bonds. The van der Waals surface area contributed by atoms with Gasteiger partial charge in [0.2, 0.25) is 11.0 Å². The average Bonchev–Trinajstić information content (AvgIpc) is 3.20. The number of nitrogens with zero attached hydrogens (tertiary/aromatic N) is 3. The average molecular weight is 280 g/mol. The number of hydrogen-bond acceptors (Lipinski definition) is 5. The predicted octanol–water partition coefficient (Wildman–Crippen LogP) is 2.23. The minimum absolute atomic E-state index is 0.263. The molecular weight excluding hydrogens is 260 g/mol. The fourth-order valence-electron chi connectivity index (χ4n) is 2.39. The fraction of sp³-hybridized carbons (Fsp3) is 0.769. The summed E-state index contributed by atoms with van der Waals surface area (Å²) in [6, 6.07) is 0. The highest BCUT2D eigenvalue weighted by Gasteiger charge is 2.27. The van der Waals surface area contributed by atoms with Crippen LogP contribution in [0.2, 0.25) is 0 Å². The van der Waals surface area contributed by atoms with Crippen molar-refractivity contribution in [2.24, 2.45) is 0 Å². The molecular formula is C13H20N4OS. The van der Waals surface area contributed by atoms with E-state index in [0.29, 0.717) is 18.9 Å². The highest BCUT2D eigenvalue weighted by atomic mass is 32.1. The van der Waals surface area contributed by atoms with Gasteiger partial charge in [-0.2, -0.15) is 4.37 Å². The van der Waals surface area contributed by atoms with Crippen LogP contribution in [-0.2, 0) is 4.79 Å². The van der Waals surface area contributed by atoms with Gasteiger partial charge >= 0.3 is 0 Å². The second-order valence-electron chi connectivity index (χ2n) is 5.35. The van der Waals surface area contributed by atoms with Gasteiger partial charge < -0.3 is 10.2 Å². The molecule has 0 bridgehead atoms. The quantitative estimate of drug-likeness (QED) is 0.898. The summed E-state index contributed by atoms with van der Waals surface area (Å²) in [5.41, 5.74) is 0. The third kappa shape index (κ3) is 3.43. The molecule has 0 radical (unpaired) electrons. The van der Waals surface area contributed by atoms with Crippen LogP contribution in [-0.4, -0.2) is 39.8 Å². The topological polar surface area (TPSA) is 58.1 Å². The highest BCUT2D eigenvalue weighted by molar-refractivity contribution is 7.09. The van der Waals surface area contributed by atoms with Crippen LogP contribution in [0.1, 0.15) is 50.3 Å². The second kappa shape index (κ2) is 5.86. The number of piperidine rings is 1. The monoisotopic (exact) mass is 280 g/mol. The number of amides is 1. The van der Waals surface area contributed by atoms with Gasteiger partial charge in [-0.05, 0) is 32.1 Å². The number of aromatic nitrogens is 2. The molecule has 0 aromatic carbocycles. The Balaban J connectivity index is 1.40. The Bertz CT molecular complexity index is 438. The molecule has 2 heterocycles. The van der Waals surface area contributed by atoms with Gasteiger partial charge in [-0.15, -0.1) is 0 Å². The van der Waals surface area contributed by atoms with E-state index in [4.69, 9.17) is 0 Å². The third-order valence-electron chi connectivity index (χ3n) is 3.71. The lowest BCUT2D eigenvalue weighted by Gasteiger charge is -2.26. The van der Waals surface area contributed by atoms with E-state index in [1.165, 1.54) is 30.8 Å². The van der Waals surface area contributed by atoms with Crippen molar-refractivity contribution >= 4 is 22.6 Å². The third-order valence-corrected chi connectivity index (χ3v) is 4.40. The summed E-state index contributed by atoms with van der Waals surface area (Å²) in [6.45, 7) is 2.53. The van der Waals surface area contributed by atoms with Crippen molar-refractivity contribution < 1.29 is 4.79 Å². The normalized spacial score (nSPS) is 19.5. The number of carbonyl (C=O) groups is 1. The van der Waals surface area contributed by atoms with Gasteiger partial charge in [0, 0.05) is 43.5 Å². The largest absolute Gasteiger partial charge is 0.360 e. The lowest BCUT2D eigenvalue weighted by molar-refractivity contribution is -0.131. The number of hydrogen-bond donors (Lipinski definition) is 1. The molecule has 1 aromatic heterocycles. The van der Waals surface area contributed by atoms with Crippen LogP contribution in [0.5, 0.6) is 0 Å². The minimum Gasteiger partial charge on any atom is -0.360 e. The molecule has 104 valence electrons. The van der Waals surface area contributed by atoms with Gasteiger partial charge in [0.1, 0.15) is 5.82 Å². The zero-order valence-corrected chi connectivity index (χ0v) is 11.9. The van der Waals surface area contributed by atoms with Crippen molar-refractivity contribution in [2.45, 2.75) is 44.4 Å². The van der Waals surface area contributed by atoms with Gasteiger partial charge in [0.25, 0.3) is 0 Å². The van der Waals surface area contributed by atoms with E-state index < -0.39 is 0 Å². The van der Waals surface area contributed by atoms with Gasteiger partial charge in [-0.3, -0.25) is 4.79 Å². The summed E-state index contributed by atoms with van der Waals surface area (Å²) in [4.78, 5) is 18.4. The zero-order chi connectivity index (χ0) is 13.1. The molecule has 3 rings (SSSR count). The maximum Gasteiger partial charge on any atom is 0.224 e. The maximum absolute atomic E-state index is 12.0. The van der Waals surface area contributed by atoms with Crippen molar-refractivity contribution in [1.29, 1.82) is 0 Å². The van der Waals surface area contributed by atoms with E-state index in [1.807, 2.05) is 4.90 Å². The Morgan fingerprint density at radius 3 is 2.84 bits per heavy atom. The molecule has 1 N–H and O–H groups in total. The number of carbonyl (C=O) groups excluding carboxylic acids is 1. The molecule has 1 aliphatic carbocycles. The molecule has 0 unspecified atom stereocenters. The van der Waals surface area contributed by atoms with E-state index in [2.05, 4.69) is 14.7 Å². The van der Waals surface area contributed by atoms with E-state index in [-0.39, 0.29) is 5.91 Å². The highest BCUT2D eigenvalue weighted by Crippen LogP contribution is 2.39. The van der Waals surface area contributed by atoms with Gasteiger partial charge in [-0.1, -0.05) is 0 Å². The standard InChI is InChI=1S/C13H20N4OS/c18-11(17-8-2-1-3-9-17)6-7-14-13-15-12(16-19-13)10-4-5-10/h10H,1-9H2,(H,14,15,16). The van der Waals surface area contributed by atoms with Gasteiger partial charge in [-0.25, -0.2) is 4.98 Å². The van der Waals surface area contributed by atoms with Crippen molar-refractivity contribution in [3.63, 3.8) is 0 Å². The maximum atomic E-state index is 12.0. The summed E-state index contributed by atoms with van der Waals surface area (Å²) in [5, 5.41) is 4.07. The first-order chi connectivity index (χ1) is 9.33. The SMILES string of the molecule is O=C(CCNc1nc(C2CC2)ns1)N1CCCCC1. The molecule has 6 heteroatoms. The first kappa shape index (κ1) is 12.8. The molecule has 0 spiro atoms. The summed E-state index contributed by atoms with van der Waals surface area (Å²) in [6.07, 6.45) is 6.57. The number of likely N-dealkylation sites (tertiary alicyclic amines) is 1. The lowest BCUT2D eigenvalue weighted by Crippen LogP contribution is -2.36. The fourth-order valence-corrected chi connectivity index (χ4v) is 3.06. The minimum atomic E-state index is 0.263. The molecule has 1 aromatic rings. The lowest BCUT2D eigenvalue weighted by atomic mass is 10.1. The van der Waals surface area contributed by atoms with Crippen LogP contribution < -0.4 is 5.32 Å². The first-order valence-corrected chi connectivity index (χ1v) is 7.95. The Kier molecular flexibility index (Phi) is 3.96. The van der Waals surface area contributed by atoms with Crippen molar-refractivity contribution in [1.82, 2.24) is 14.3 Å². The smallest absolute Gasteiger partial charge is 0.224 e. The van der Waals surface area contributed by atoms with Gasteiger partial charge in [0.05, 0.1) is 0 Å². The number of nitrogens with one attached hydrogen (secondary N) is 1. The predicted molar refractivity (Wildman–Crippen MR) is 75.4 cm³/mol. The summed E-state index contributed by atoms with van der Waals surface area (Å²) >= 11 is 1.41. The van der Waals surface area contributed by atoms with E-state index >= 15 is 0 Å². The Labute approximate surface area is 117 Å². The second-order valence-corrected chi connectivity index (χ2v) is 6.10. The molecule has 19 heavy (non-hydrogen) atoms. The van der Waals surface area contributed by atoms with Crippen LogP contribution in [0, 0.1) is 0 Å². The molecule has 2 fully saturated rings. The van der Waals surface area contributed by atoms with E-state index in [0.717, 1.165) is 36.9 Å². The summed E-state index contributed by atoms with van der Waals surface area (Å²) < 4.78 is 4.34. The molecule has 1 saturated heterocycles. The van der Waals surface area contributed by atoms with Crippen molar-refractivity contribution in [2.75, 3.05) is 25.0 Å². The van der Waals surface area contributed by atoms with Crippen molar-refractivity contribution in [3.8, 4) is 0 Å². The van der Waals surface area contributed by atoms with Crippen LogP contribution in [0.4, 0.5) is 5.13 Å². The van der Waals surface area contributed by atoms with E-state index in [1.54, 1.807) is 0 Å². The van der Waals surface area contributed by atoms with Crippen LogP contribution in [0.3, 0.4) is 0 Å². The van der Waals surface area contributed by atoms with Crippen LogP contribution in [0.15, 0.2) is 0 Å². The van der Waals surface area contributed by atoms with E-state index in [9.17, 15) is 4.79 Å². The molecule has 1 saturated carbocycles. The van der Waals surface area contributed by atoms with Gasteiger partial charge in [0.15, 0.2) is 0 Å². The molecule has 1 aliphatic heterocycles. The summed E-state index contributed by atoms with van der Waals surface area (Å²) in [5.74, 6) is 1.84. The Morgan fingerprint density at radius 2 is 2.11 bits per heavy atom. The van der Waals surface area contributed by atoms with Crippen molar-refractivity contribution in [3.05, 3.63) is 5.82 Å². The Morgan fingerprint density at radius 1 is 1.32 bits per heavy atom.